The summed E-state index contributed by atoms with van der Waals surface area (Å²) in [5.41, 5.74) is 6.91. The molecule has 0 bridgehead atoms. The maximum Gasteiger partial charge on any atom is 0.149 e. The van der Waals surface area contributed by atoms with Gasteiger partial charge in [-0.15, -0.1) is 0 Å². The lowest BCUT2D eigenvalue weighted by Gasteiger charge is -2.16. The first-order valence-electron chi connectivity index (χ1n) is 6.67. The molecule has 1 unspecified atom stereocenters. The zero-order chi connectivity index (χ0) is 15.4. The SMILES string of the molecule is CCC(N)Cc1cccc(Cl)c1Oc1cc(F)ccc1Br. The van der Waals surface area contributed by atoms with Gasteiger partial charge in [0.2, 0.25) is 0 Å². The van der Waals surface area contributed by atoms with Crippen LogP contribution in [-0.2, 0) is 6.42 Å². The summed E-state index contributed by atoms with van der Waals surface area (Å²) in [7, 11) is 0. The monoisotopic (exact) mass is 371 g/mol. The van der Waals surface area contributed by atoms with Gasteiger partial charge in [-0.1, -0.05) is 30.7 Å². The van der Waals surface area contributed by atoms with E-state index in [4.69, 9.17) is 22.1 Å². The lowest BCUT2D eigenvalue weighted by molar-refractivity contribution is 0.464. The van der Waals surface area contributed by atoms with Crippen LogP contribution in [0.15, 0.2) is 40.9 Å². The number of benzene rings is 2. The maximum absolute atomic E-state index is 13.4. The van der Waals surface area contributed by atoms with Crippen molar-refractivity contribution in [1.82, 2.24) is 0 Å². The number of halogens is 3. The van der Waals surface area contributed by atoms with Crippen molar-refractivity contribution in [3.63, 3.8) is 0 Å². The molecule has 2 N–H and O–H groups in total. The molecule has 0 aliphatic carbocycles. The first-order chi connectivity index (χ1) is 10.0. The van der Waals surface area contributed by atoms with Crippen molar-refractivity contribution in [2.24, 2.45) is 5.73 Å². The molecule has 5 heteroatoms. The molecule has 21 heavy (non-hydrogen) atoms. The Morgan fingerprint density at radius 2 is 2.10 bits per heavy atom. The third kappa shape index (κ3) is 4.19. The van der Waals surface area contributed by atoms with Gasteiger partial charge in [-0.05, 0) is 52.5 Å². The van der Waals surface area contributed by atoms with E-state index in [9.17, 15) is 4.39 Å². The van der Waals surface area contributed by atoms with Gasteiger partial charge in [-0.25, -0.2) is 4.39 Å². The largest absolute Gasteiger partial charge is 0.454 e. The molecular formula is C16H16BrClFNO. The molecule has 2 rings (SSSR count). The van der Waals surface area contributed by atoms with E-state index < -0.39 is 0 Å². The van der Waals surface area contributed by atoms with Gasteiger partial charge in [0.1, 0.15) is 17.3 Å². The summed E-state index contributed by atoms with van der Waals surface area (Å²) in [4.78, 5) is 0. The van der Waals surface area contributed by atoms with Crippen LogP contribution < -0.4 is 10.5 Å². The minimum Gasteiger partial charge on any atom is -0.454 e. The minimum atomic E-state index is -0.368. The van der Waals surface area contributed by atoms with Crippen LogP contribution in [-0.4, -0.2) is 6.04 Å². The van der Waals surface area contributed by atoms with Crippen molar-refractivity contribution in [2.45, 2.75) is 25.8 Å². The molecule has 0 aliphatic heterocycles. The topological polar surface area (TPSA) is 35.2 Å². The molecule has 0 amide bonds. The molecule has 0 heterocycles. The fraction of sp³-hybridized carbons (Fsp3) is 0.250. The van der Waals surface area contributed by atoms with Crippen molar-refractivity contribution < 1.29 is 9.13 Å². The molecule has 0 aliphatic rings. The van der Waals surface area contributed by atoms with Crippen molar-refractivity contribution in [1.29, 1.82) is 0 Å². The van der Waals surface area contributed by atoms with Gasteiger partial charge in [-0.2, -0.15) is 0 Å². The third-order valence-electron chi connectivity index (χ3n) is 3.16. The van der Waals surface area contributed by atoms with E-state index in [1.807, 2.05) is 19.1 Å². The van der Waals surface area contributed by atoms with Crippen molar-refractivity contribution >= 4 is 27.5 Å². The second kappa shape index (κ2) is 7.25. The standard InChI is InChI=1S/C16H16BrClFNO/c1-2-12(20)8-10-4-3-5-14(18)16(10)21-15-9-11(19)6-7-13(15)17/h3-7,9,12H,2,8,20H2,1H3. The summed E-state index contributed by atoms with van der Waals surface area (Å²) in [6.45, 7) is 2.03. The Labute approximate surface area is 137 Å². The van der Waals surface area contributed by atoms with E-state index in [0.29, 0.717) is 27.4 Å². The fourth-order valence-electron chi connectivity index (χ4n) is 1.92. The Bertz CT molecular complexity index is 636. The van der Waals surface area contributed by atoms with Crippen LogP contribution in [0.4, 0.5) is 4.39 Å². The molecule has 2 aromatic carbocycles. The van der Waals surface area contributed by atoms with E-state index in [-0.39, 0.29) is 11.9 Å². The third-order valence-corrected chi connectivity index (χ3v) is 4.11. The average molecular weight is 373 g/mol. The fourth-order valence-corrected chi connectivity index (χ4v) is 2.48. The van der Waals surface area contributed by atoms with Crippen LogP contribution >= 0.6 is 27.5 Å². The first kappa shape index (κ1) is 16.3. The van der Waals surface area contributed by atoms with Gasteiger partial charge in [0.05, 0.1) is 9.50 Å². The van der Waals surface area contributed by atoms with Crippen molar-refractivity contribution in [2.75, 3.05) is 0 Å². The number of nitrogens with two attached hydrogens (primary N) is 1. The summed E-state index contributed by atoms with van der Waals surface area (Å²) in [6.07, 6.45) is 1.51. The van der Waals surface area contributed by atoms with Crippen LogP contribution in [0, 0.1) is 5.82 Å². The number of hydrogen-bond acceptors (Lipinski definition) is 2. The zero-order valence-electron chi connectivity index (χ0n) is 11.6. The molecule has 0 saturated carbocycles. The highest BCUT2D eigenvalue weighted by molar-refractivity contribution is 9.10. The predicted octanol–water partition coefficient (Wildman–Crippen LogP) is 5.31. The lowest BCUT2D eigenvalue weighted by Crippen LogP contribution is -2.21. The Kier molecular flexibility index (Phi) is 5.62. The number of rotatable bonds is 5. The van der Waals surface area contributed by atoms with E-state index in [1.165, 1.54) is 12.1 Å². The van der Waals surface area contributed by atoms with Crippen LogP contribution in [0.25, 0.3) is 0 Å². The number of ether oxygens (including phenoxy) is 1. The molecule has 0 spiro atoms. The quantitative estimate of drug-likeness (QED) is 0.771. The van der Waals surface area contributed by atoms with E-state index in [0.717, 1.165) is 12.0 Å². The van der Waals surface area contributed by atoms with Gasteiger partial charge in [0.15, 0.2) is 0 Å². The average Bonchev–Trinajstić information content (AvgIpc) is 2.46. The summed E-state index contributed by atoms with van der Waals surface area (Å²) in [6, 6.07) is 9.82. The smallest absolute Gasteiger partial charge is 0.149 e. The second-order valence-electron chi connectivity index (χ2n) is 4.78. The lowest BCUT2D eigenvalue weighted by atomic mass is 10.0. The minimum absolute atomic E-state index is 0.0294. The molecule has 0 fully saturated rings. The van der Waals surface area contributed by atoms with E-state index in [2.05, 4.69) is 15.9 Å². The molecule has 2 aromatic rings. The Morgan fingerprint density at radius 1 is 1.33 bits per heavy atom. The molecule has 0 saturated heterocycles. The molecule has 0 radical (unpaired) electrons. The molecule has 2 nitrogen and oxygen atoms in total. The normalized spacial score (nSPS) is 12.2. The van der Waals surface area contributed by atoms with Crippen molar-refractivity contribution in [3.8, 4) is 11.5 Å². The van der Waals surface area contributed by atoms with Gasteiger partial charge in [-0.3, -0.25) is 0 Å². The van der Waals surface area contributed by atoms with Crippen molar-refractivity contribution in [3.05, 3.63) is 57.3 Å². The highest BCUT2D eigenvalue weighted by Gasteiger charge is 2.14. The Hall–Kier alpha value is -1.10. The van der Waals surface area contributed by atoms with Gasteiger partial charge >= 0.3 is 0 Å². The Balaban J connectivity index is 2.36. The van der Waals surface area contributed by atoms with E-state index >= 15 is 0 Å². The second-order valence-corrected chi connectivity index (χ2v) is 6.04. The molecule has 1 atom stereocenters. The summed E-state index contributed by atoms with van der Waals surface area (Å²) >= 11 is 9.57. The molecule has 0 aromatic heterocycles. The van der Waals surface area contributed by atoms with Gasteiger partial charge in [0, 0.05) is 12.1 Å². The summed E-state index contributed by atoms with van der Waals surface area (Å²) in [5, 5.41) is 0.479. The highest BCUT2D eigenvalue weighted by atomic mass is 79.9. The Morgan fingerprint density at radius 3 is 2.81 bits per heavy atom. The van der Waals surface area contributed by atoms with Crippen LogP contribution in [0.3, 0.4) is 0 Å². The zero-order valence-corrected chi connectivity index (χ0v) is 13.9. The van der Waals surface area contributed by atoms with E-state index in [1.54, 1.807) is 12.1 Å². The predicted molar refractivity (Wildman–Crippen MR) is 87.6 cm³/mol. The number of hydrogen-bond donors (Lipinski definition) is 1. The van der Waals surface area contributed by atoms with Crippen LogP contribution in [0.2, 0.25) is 5.02 Å². The van der Waals surface area contributed by atoms with Crippen LogP contribution in [0.1, 0.15) is 18.9 Å². The molecule has 112 valence electrons. The maximum atomic E-state index is 13.4. The van der Waals surface area contributed by atoms with Gasteiger partial charge in [0.25, 0.3) is 0 Å². The van der Waals surface area contributed by atoms with Gasteiger partial charge < -0.3 is 10.5 Å². The van der Waals surface area contributed by atoms with Crippen LogP contribution in [0.5, 0.6) is 11.5 Å². The molecular weight excluding hydrogens is 357 g/mol. The summed E-state index contributed by atoms with van der Waals surface area (Å²) < 4.78 is 19.8. The summed E-state index contributed by atoms with van der Waals surface area (Å²) in [5.74, 6) is 0.538. The highest BCUT2D eigenvalue weighted by Crippen LogP contribution is 2.37. The first-order valence-corrected chi connectivity index (χ1v) is 7.84. The number of para-hydroxylation sites is 1.